The maximum atomic E-state index is 13.2. The van der Waals surface area contributed by atoms with Crippen molar-refractivity contribution < 1.29 is 17.9 Å². The number of ether oxygens (including phenoxy) is 1. The van der Waals surface area contributed by atoms with E-state index in [9.17, 15) is 13.2 Å². The van der Waals surface area contributed by atoms with Crippen molar-refractivity contribution in [2.75, 3.05) is 11.1 Å². The lowest BCUT2D eigenvalue weighted by Crippen LogP contribution is -2.08. The van der Waals surface area contributed by atoms with Gasteiger partial charge in [-0.2, -0.15) is 8.78 Å². The van der Waals surface area contributed by atoms with Gasteiger partial charge in [0.15, 0.2) is 11.6 Å². The number of nitrogen functional groups attached to an aromatic ring is 1. The predicted octanol–water partition coefficient (Wildman–Crippen LogP) is 2.58. The van der Waals surface area contributed by atoms with Gasteiger partial charge in [-0.05, 0) is 12.8 Å². The van der Waals surface area contributed by atoms with Crippen LogP contribution in [0.4, 0.5) is 24.5 Å². The van der Waals surface area contributed by atoms with Crippen molar-refractivity contribution in [1.29, 1.82) is 0 Å². The Morgan fingerprint density at radius 1 is 1.38 bits per heavy atom. The second-order valence-electron chi connectivity index (χ2n) is 3.67. The predicted molar refractivity (Wildman–Crippen MR) is 54.1 cm³/mol. The van der Waals surface area contributed by atoms with Crippen molar-refractivity contribution in [3.05, 3.63) is 17.9 Å². The maximum Gasteiger partial charge on any atom is 0.387 e. The molecular formula is C10H11F3N2O. The zero-order valence-electron chi connectivity index (χ0n) is 8.34. The summed E-state index contributed by atoms with van der Waals surface area (Å²) < 4.78 is 41.2. The first kappa shape index (κ1) is 10.9. The molecule has 0 amide bonds. The van der Waals surface area contributed by atoms with E-state index in [0.717, 1.165) is 25.0 Å². The zero-order valence-corrected chi connectivity index (χ0v) is 8.34. The first-order valence-electron chi connectivity index (χ1n) is 4.86. The zero-order chi connectivity index (χ0) is 11.7. The van der Waals surface area contributed by atoms with Crippen LogP contribution in [0.15, 0.2) is 12.1 Å². The SMILES string of the molecule is Nc1cc(F)c(OC(F)F)cc1NC1CC1. The number of benzene rings is 1. The van der Waals surface area contributed by atoms with Crippen LogP contribution in [0.5, 0.6) is 5.75 Å². The Balaban J connectivity index is 2.22. The van der Waals surface area contributed by atoms with Crippen LogP contribution in [0.1, 0.15) is 12.8 Å². The first-order chi connectivity index (χ1) is 7.56. The molecule has 1 aliphatic rings. The Labute approximate surface area is 90.4 Å². The van der Waals surface area contributed by atoms with Crippen LogP contribution in [0, 0.1) is 5.82 Å². The lowest BCUT2D eigenvalue weighted by atomic mass is 10.2. The summed E-state index contributed by atoms with van der Waals surface area (Å²) in [5, 5.41) is 3.01. The van der Waals surface area contributed by atoms with Crippen molar-refractivity contribution in [2.45, 2.75) is 25.5 Å². The second kappa shape index (κ2) is 4.11. The summed E-state index contributed by atoms with van der Waals surface area (Å²) in [6, 6.07) is 2.43. The third-order valence-corrected chi connectivity index (χ3v) is 2.26. The molecule has 88 valence electrons. The number of rotatable bonds is 4. The number of anilines is 2. The molecule has 0 saturated heterocycles. The summed E-state index contributed by atoms with van der Waals surface area (Å²) in [6.45, 7) is -3.05. The van der Waals surface area contributed by atoms with Crippen molar-refractivity contribution >= 4 is 11.4 Å². The highest BCUT2D eigenvalue weighted by molar-refractivity contribution is 5.69. The minimum atomic E-state index is -3.05. The number of halogens is 3. The Kier molecular flexibility index (Phi) is 2.80. The molecule has 0 spiro atoms. The number of nitrogens with one attached hydrogen (secondary N) is 1. The molecule has 6 heteroatoms. The van der Waals surface area contributed by atoms with Crippen LogP contribution in [-0.2, 0) is 0 Å². The molecule has 0 aromatic heterocycles. The highest BCUT2D eigenvalue weighted by Crippen LogP contribution is 2.33. The highest BCUT2D eigenvalue weighted by atomic mass is 19.3. The van der Waals surface area contributed by atoms with E-state index in [1.54, 1.807) is 0 Å². The van der Waals surface area contributed by atoms with Gasteiger partial charge in [0.05, 0.1) is 11.4 Å². The summed E-state index contributed by atoms with van der Waals surface area (Å²) in [4.78, 5) is 0. The quantitative estimate of drug-likeness (QED) is 0.784. The van der Waals surface area contributed by atoms with Crippen LogP contribution >= 0.6 is 0 Å². The van der Waals surface area contributed by atoms with E-state index in [4.69, 9.17) is 5.73 Å². The molecule has 1 aromatic rings. The normalized spacial score (nSPS) is 15.2. The van der Waals surface area contributed by atoms with Gasteiger partial charge >= 0.3 is 6.61 Å². The fraction of sp³-hybridized carbons (Fsp3) is 0.400. The van der Waals surface area contributed by atoms with E-state index in [2.05, 4.69) is 10.1 Å². The van der Waals surface area contributed by atoms with Crippen LogP contribution in [0.2, 0.25) is 0 Å². The number of alkyl halides is 2. The van der Waals surface area contributed by atoms with Gasteiger partial charge in [0.1, 0.15) is 0 Å². The van der Waals surface area contributed by atoms with E-state index in [-0.39, 0.29) is 5.69 Å². The monoisotopic (exact) mass is 232 g/mol. The lowest BCUT2D eigenvalue weighted by molar-refractivity contribution is -0.0521. The molecule has 0 aliphatic heterocycles. The van der Waals surface area contributed by atoms with Gasteiger partial charge in [0.2, 0.25) is 0 Å². The van der Waals surface area contributed by atoms with Gasteiger partial charge in [-0.25, -0.2) is 4.39 Å². The molecule has 0 atom stereocenters. The Hall–Kier alpha value is -1.59. The second-order valence-corrected chi connectivity index (χ2v) is 3.67. The van der Waals surface area contributed by atoms with E-state index in [1.807, 2.05) is 0 Å². The summed E-state index contributed by atoms with van der Waals surface area (Å²) in [6.07, 6.45) is 2.00. The molecule has 2 rings (SSSR count). The van der Waals surface area contributed by atoms with E-state index in [0.29, 0.717) is 11.7 Å². The maximum absolute atomic E-state index is 13.2. The van der Waals surface area contributed by atoms with Crippen LogP contribution in [0.3, 0.4) is 0 Å². The average Bonchev–Trinajstić information content (AvgIpc) is 2.96. The fourth-order valence-electron chi connectivity index (χ4n) is 1.33. The van der Waals surface area contributed by atoms with E-state index in [1.165, 1.54) is 0 Å². The minimum absolute atomic E-state index is 0.186. The molecule has 0 heterocycles. The molecule has 0 bridgehead atoms. The Morgan fingerprint density at radius 2 is 2.06 bits per heavy atom. The first-order valence-corrected chi connectivity index (χ1v) is 4.86. The third kappa shape index (κ3) is 2.50. The topological polar surface area (TPSA) is 47.3 Å². The van der Waals surface area contributed by atoms with Gasteiger partial charge in [-0.3, -0.25) is 0 Å². The van der Waals surface area contributed by atoms with Crippen molar-refractivity contribution in [2.24, 2.45) is 0 Å². The van der Waals surface area contributed by atoms with Gasteiger partial charge in [-0.1, -0.05) is 0 Å². The molecule has 1 saturated carbocycles. The summed E-state index contributed by atoms with van der Waals surface area (Å²) >= 11 is 0. The molecule has 1 aliphatic carbocycles. The average molecular weight is 232 g/mol. The minimum Gasteiger partial charge on any atom is -0.432 e. The van der Waals surface area contributed by atoms with Crippen molar-refractivity contribution in [1.82, 2.24) is 0 Å². The molecule has 0 unspecified atom stereocenters. The molecule has 0 radical (unpaired) electrons. The van der Waals surface area contributed by atoms with Gasteiger partial charge in [0.25, 0.3) is 0 Å². The number of hydrogen-bond donors (Lipinski definition) is 2. The van der Waals surface area contributed by atoms with Crippen molar-refractivity contribution in [3.63, 3.8) is 0 Å². The molecule has 3 N–H and O–H groups in total. The van der Waals surface area contributed by atoms with Crippen molar-refractivity contribution in [3.8, 4) is 5.75 Å². The summed E-state index contributed by atoms with van der Waals surface area (Å²) in [7, 11) is 0. The Morgan fingerprint density at radius 3 is 2.62 bits per heavy atom. The largest absolute Gasteiger partial charge is 0.432 e. The molecule has 16 heavy (non-hydrogen) atoms. The van der Waals surface area contributed by atoms with E-state index >= 15 is 0 Å². The molecule has 1 fully saturated rings. The fourth-order valence-corrected chi connectivity index (χ4v) is 1.33. The van der Waals surface area contributed by atoms with E-state index < -0.39 is 18.2 Å². The third-order valence-electron chi connectivity index (χ3n) is 2.26. The van der Waals surface area contributed by atoms with Gasteiger partial charge in [-0.15, -0.1) is 0 Å². The lowest BCUT2D eigenvalue weighted by Gasteiger charge is -2.12. The van der Waals surface area contributed by atoms with Crippen LogP contribution < -0.4 is 15.8 Å². The van der Waals surface area contributed by atoms with Crippen LogP contribution in [0.25, 0.3) is 0 Å². The highest BCUT2D eigenvalue weighted by Gasteiger charge is 2.22. The summed E-state index contributed by atoms with van der Waals surface area (Å²) in [5.41, 5.74) is 6.17. The molecule has 3 nitrogen and oxygen atoms in total. The van der Waals surface area contributed by atoms with Crippen LogP contribution in [-0.4, -0.2) is 12.7 Å². The smallest absolute Gasteiger partial charge is 0.387 e. The van der Waals surface area contributed by atoms with Gasteiger partial charge in [0, 0.05) is 18.2 Å². The number of hydrogen-bond acceptors (Lipinski definition) is 3. The van der Waals surface area contributed by atoms with Gasteiger partial charge < -0.3 is 15.8 Å². The molecule has 1 aromatic carbocycles. The molecular weight excluding hydrogens is 221 g/mol. The number of nitrogens with two attached hydrogens (primary N) is 1. The Bertz CT molecular complexity index is 369. The standard InChI is InChI=1S/C10H11F3N2O/c11-6-3-7(14)8(15-5-1-2-5)4-9(6)16-10(12)13/h3-5,10,15H,1-2,14H2. The summed E-state index contributed by atoms with van der Waals surface area (Å²) in [5.74, 6) is -1.38.